The molecule has 0 saturated carbocycles. The molecule has 2 aromatic heterocycles. The Morgan fingerprint density at radius 2 is 1.96 bits per heavy atom. The normalized spacial score (nSPS) is 10.7. The van der Waals surface area contributed by atoms with Gasteiger partial charge in [-0.25, -0.2) is 4.98 Å². The Balaban J connectivity index is 1.84. The van der Waals surface area contributed by atoms with Crippen molar-refractivity contribution in [1.82, 2.24) is 19.5 Å². The number of unbranched alkanes of at least 4 members (excludes halogenated alkanes) is 3. The van der Waals surface area contributed by atoms with Crippen LogP contribution in [0.25, 0.3) is 11.2 Å². The first-order chi connectivity index (χ1) is 12.3. The van der Waals surface area contributed by atoms with Crippen LogP contribution >= 0.6 is 0 Å². The number of imidazole rings is 1. The molecule has 1 aromatic carbocycles. The van der Waals surface area contributed by atoms with Gasteiger partial charge in [0.25, 0.3) is 0 Å². The van der Waals surface area contributed by atoms with Crippen LogP contribution in [0.4, 0.5) is 5.82 Å². The molecule has 0 bridgehead atoms. The fourth-order valence-electron chi connectivity index (χ4n) is 2.77. The molecule has 0 aliphatic carbocycles. The van der Waals surface area contributed by atoms with Crippen LogP contribution in [0, 0.1) is 11.3 Å². The van der Waals surface area contributed by atoms with Crippen molar-refractivity contribution in [2.45, 2.75) is 39.2 Å². The first-order valence-corrected chi connectivity index (χ1v) is 8.72. The maximum absolute atomic E-state index is 9.25. The highest BCUT2D eigenvalue weighted by Crippen LogP contribution is 2.20. The molecule has 25 heavy (non-hydrogen) atoms. The summed E-state index contributed by atoms with van der Waals surface area (Å²) in [5, 5.41) is 12.6. The summed E-state index contributed by atoms with van der Waals surface area (Å²) < 4.78 is 1.95. The zero-order valence-corrected chi connectivity index (χ0v) is 14.4. The van der Waals surface area contributed by atoms with E-state index in [2.05, 4.69) is 39.3 Å². The molecule has 0 fully saturated rings. The monoisotopic (exact) mass is 334 g/mol. The van der Waals surface area contributed by atoms with Gasteiger partial charge in [-0.2, -0.15) is 15.2 Å². The second-order valence-corrected chi connectivity index (χ2v) is 6.03. The van der Waals surface area contributed by atoms with Crippen LogP contribution in [-0.2, 0) is 6.54 Å². The van der Waals surface area contributed by atoms with Crippen LogP contribution in [0.2, 0.25) is 0 Å². The van der Waals surface area contributed by atoms with Crippen LogP contribution in [0.5, 0.6) is 0 Å². The molecule has 3 aromatic rings. The van der Waals surface area contributed by atoms with E-state index in [1.165, 1.54) is 19.3 Å². The minimum atomic E-state index is 0.165. The van der Waals surface area contributed by atoms with Crippen molar-refractivity contribution in [2.75, 3.05) is 11.9 Å². The van der Waals surface area contributed by atoms with Crippen molar-refractivity contribution in [3.05, 3.63) is 48.0 Å². The average molecular weight is 334 g/mol. The highest BCUT2D eigenvalue weighted by Gasteiger charge is 2.13. The van der Waals surface area contributed by atoms with Gasteiger partial charge in [-0.3, -0.25) is 0 Å². The zero-order valence-electron chi connectivity index (χ0n) is 14.4. The van der Waals surface area contributed by atoms with E-state index in [-0.39, 0.29) is 5.82 Å². The number of fused-ring (bicyclic) bond motifs is 1. The van der Waals surface area contributed by atoms with Crippen molar-refractivity contribution in [2.24, 2.45) is 0 Å². The van der Waals surface area contributed by atoms with Crippen molar-refractivity contribution in [3.8, 4) is 6.07 Å². The number of nitrogens with zero attached hydrogens (tertiary/aromatic N) is 5. The molecule has 6 heteroatoms. The van der Waals surface area contributed by atoms with Crippen LogP contribution in [0.1, 0.15) is 44.0 Å². The van der Waals surface area contributed by atoms with Crippen LogP contribution in [0.15, 0.2) is 36.7 Å². The van der Waals surface area contributed by atoms with Gasteiger partial charge in [-0.05, 0) is 12.0 Å². The topological polar surface area (TPSA) is 79.4 Å². The molecular formula is C19H22N6. The van der Waals surface area contributed by atoms with Gasteiger partial charge in [0.15, 0.2) is 17.0 Å². The summed E-state index contributed by atoms with van der Waals surface area (Å²) in [5.74, 6) is 0.809. The lowest BCUT2D eigenvalue weighted by Crippen LogP contribution is -2.07. The molecule has 0 saturated heterocycles. The SMILES string of the molecule is CCCCCCNc1nc(C#N)nc2c1ncn2Cc1ccccc1. The molecule has 3 rings (SSSR count). The Morgan fingerprint density at radius 3 is 2.72 bits per heavy atom. The molecule has 0 spiro atoms. The summed E-state index contributed by atoms with van der Waals surface area (Å²) in [4.78, 5) is 13.1. The molecule has 0 radical (unpaired) electrons. The second kappa shape index (κ2) is 8.25. The van der Waals surface area contributed by atoms with Crippen LogP contribution in [-0.4, -0.2) is 26.1 Å². The summed E-state index contributed by atoms with van der Waals surface area (Å²) >= 11 is 0. The fraction of sp³-hybridized carbons (Fsp3) is 0.368. The van der Waals surface area contributed by atoms with Gasteiger partial charge in [0, 0.05) is 6.54 Å². The number of benzene rings is 1. The van der Waals surface area contributed by atoms with E-state index < -0.39 is 0 Å². The molecule has 2 heterocycles. The quantitative estimate of drug-likeness (QED) is 0.635. The molecular weight excluding hydrogens is 312 g/mol. The largest absolute Gasteiger partial charge is 0.368 e. The Hall–Kier alpha value is -2.94. The van der Waals surface area contributed by atoms with Crippen LogP contribution in [0.3, 0.4) is 0 Å². The van der Waals surface area contributed by atoms with E-state index in [0.717, 1.165) is 18.5 Å². The van der Waals surface area contributed by atoms with Crippen molar-refractivity contribution in [3.63, 3.8) is 0 Å². The number of hydrogen-bond acceptors (Lipinski definition) is 5. The summed E-state index contributed by atoms with van der Waals surface area (Å²) in [6, 6.07) is 12.2. The van der Waals surface area contributed by atoms with Gasteiger partial charge in [0.2, 0.25) is 5.82 Å². The lowest BCUT2D eigenvalue weighted by molar-refractivity contribution is 0.684. The van der Waals surface area contributed by atoms with Crippen molar-refractivity contribution < 1.29 is 0 Å². The summed E-state index contributed by atoms with van der Waals surface area (Å²) in [6.07, 6.45) is 6.46. The van der Waals surface area contributed by atoms with Gasteiger partial charge >= 0.3 is 0 Å². The molecule has 1 N–H and O–H groups in total. The summed E-state index contributed by atoms with van der Waals surface area (Å²) in [7, 11) is 0. The van der Waals surface area contributed by atoms with E-state index in [9.17, 15) is 5.26 Å². The minimum absolute atomic E-state index is 0.165. The first kappa shape index (κ1) is 16.9. The van der Waals surface area contributed by atoms with E-state index in [1.807, 2.05) is 28.8 Å². The predicted molar refractivity (Wildman–Crippen MR) is 98.2 cm³/mol. The minimum Gasteiger partial charge on any atom is -0.368 e. The standard InChI is InChI=1S/C19H22N6/c1-2-3-4-8-11-21-18-17-19(24-16(12-20)23-18)25(14-22-17)13-15-9-6-5-7-10-15/h5-7,9-10,14H,2-4,8,11,13H2,1H3,(H,21,23,24). The smallest absolute Gasteiger partial charge is 0.236 e. The fourth-order valence-corrected chi connectivity index (χ4v) is 2.77. The van der Waals surface area contributed by atoms with Gasteiger partial charge < -0.3 is 9.88 Å². The van der Waals surface area contributed by atoms with E-state index in [4.69, 9.17) is 0 Å². The number of aromatic nitrogens is 4. The molecule has 0 aliphatic rings. The number of nitriles is 1. The molecule has 0 amide bonds. The summed E-state index contributed by atoms with van der Waals surface area (Å²) in [6.45, 7) is 3.68. The Labute approximate surface area is 147 Å². The van der Waals surface area contributed by atoms with E-state index in [1.54, 1.807) is 6.33 Å². The predicted octanol–water partition coefficient (Wildman–Crippen LogP) is 3.74. The Kier molecular flexibility index (Phi) is 5.57. The second-order valence-electron chi connectivity index (χ2n) is 6.03. The van der Waals surface area contributed by atoms with Crippen molar-refractivity contribution >= 4 is 17.0 Å². The zero-order chi connectivity index (χ0) is 17.5. The van der Waals surface area contributed by atoms with E-state index in [0.29, 0.717) is 23.5 Å². The Bertz CT molecular complexity index is 863. The highest BCUT2D eigenvalue weighted by molar-refractivity contribution is 5.83. The van der Waals surface area contributed by atoms with E-state index >= 15 is 0 Å². The van der Waals surface area contributed by atoms with Crippen LogP contribution < -0.4 is 5.32 Å². The molecule has 0 aliphatic heterocycles. The number of hydrogen-bond donors (Lipinski definition) is 1. The molecule has 0 unspecified atom stereocenters. The Morgan fingerprint density at radius 1 is 1.12 bits per heavy atom. The average Bonchev–Trinajstić information content (AvgIpc) is 3.05. The summed E-state index contributed by atoms with van der Waals surface area (Å²) in [5.41, 5.74) is 2.56. The van der Waals surface area contributed by atoms with Gasteiger partial charge in [0.1, 0.15) is 6.07 Å². The van der Waals surface area contributed by atoms with Gasteiger partial charge in [-0.15, -0.1) is 0 Å². The molecule has 128 valence electrons. The third-order valence-electron chi connectivity index (χ3n) is 4.08. The highest BCUT2D eigenvalue weighted by atomic mass is 15.2. The number of rotatable bonds is 8. The maximum Gasteiger partial charge on any atom is 0.236 e. The third-order valence-corrected chi connectivity index (χ3v) is 4.08. The molecule has 0 atom stereocenters. The lowest BCUT2D eigenvalue weighted by atomic mass is 10.2. The maximum atomic E-state index is 9.25. The first-order valence-electron chi connectivity index (χ1n) is 8.72. The number of anilines is 1. The third kappa shape index (κ3) is 4.13. The number of nitrogens with one attached hydrogen (secondary N) is 1. The molecule has 6 nitrogen and oxygen atoms in total. The van der Waals surface area contributed by atoms with Crippen molar-refractivity contribution in [1.29, 1.82) is 5.26 Å². The van der Waals surface area contributed by atoms with Gasteiger partial charge in [-0.1, -0.05) is 56.5 Å². The van der Waals surface area contributed by atoms with Gasteiger partial charge in [0.05, 0.1) is 12.9 Å². The lowest BCUT2D eigenvalue weighted by Gasteiger charge is -2.07.